The molecule has 2 N–H and O–H groups in total. The SMILES string of the molecule is CCOc1cc(C=NNc2ccc([N+](=O)[O-])cn2)cc(Cl)c1OCc1ccc(C(=O)O)cc1. The molecule has 0 radical (unpaired) electrons. The average Bonchev–Trinajstić information content (AvgIpc) is 2.79. The maximum absolute atomic E-state index is 11.0. The summed E-state index contributed by atoms with van der Waals surface area (Å²) in [6, 6.07) is 12.4. The van der Waals surface area contributed by atoms with Crippen molar-refractivity contribution in [2.45, 2.75) is 13.5 Å². The van der Waals surface area contributed by atoms with Crippen molar-refractivity contribution in [2.24, 2.45) is 5.10 Å². The van der Waals surface area contributed by atoms with Gasteiger partial charge in [0.05, 0.1) is 28.3 Å². The summed E-state index contributed by atoms with van der Waals surface area (Å²) in [5.41, 5.74) is 4.14. The summed E-state index contributed by atoms with van der Waals surface area (Å²) in [5.74, 6) is 0.104. The lowest BCUT2D eigenvalue weighted by Gasteiger charge is -2.14. The third-order valence-electron chi connectivity index (χ3n) is 4.27. The molecule has 10 nitrogen and oxygen atoms in total. The van der Waals surface area contributed by atoms with Crippen molar-refractivity contribution < 1.29 is 24.3 Å². The summed E-state index contributed by atoms with van der Waals surface area (Å²) in [6.07, 6.45) is 2.62. The van der Waals surface area contributed by atoms with E-state index in [4.69, 9.17) is 26.2 Å². The van der Waals surface area contributed by atoms with Gasteiger partial charge in [-0.25, -0.2) is 9.78 Å². The molecule has 170 valence electrons. The highest BCUT2D eigenvalue weighted by atomic mass is 35.5. The number of aromatic carboxylic acids is 1. The number of benzene rings is 2. The second-order valence-electron chi connectivity index (χ2n) is 6.58. The number of aromatic nitrogens is 1. The van der Waals surface area contributed by atoms with E-state index in [0.29, 0.717) is 34.5 Å². The predicted molar refractivity (Wildman–Crippen MR) is 122 cm³/mol. The van der Waals surface area contributed by atoms with Crippen LogP contribution in [0.2, 0.25) is 5.02 Å². The van der Waals surface area contributed by atoms with Crippen LogP contribution in [0.25, 0.3) is 0 Å². The van der Waals surface area contributed by atoms with Gasteiger partial charge >= 0.3 is 5.97 Å². The molecule has 0 aliphatic rings. The van der Waals surface area contributed by atoms with Gasteiger partial charge in [-0.15, -0.1) is 0 Å². The first kappa shape index (κ1) is 23.5. The monoisotopic (exact) mass is 470 g/mol. The van der Waals surface area contributed by atoms with Gasteiger partial charge < -0.3 is 14.6 Å². The van der Waals surface area contributed by atoms with E-state index in [9.17, 15) is 14.9 Å². The minimum absolute atomic E-state index is 0.119. The van der Waals surface area contributed by atoms with Crippen LogP contribution in [0.15, 0.2) is 59.8 Å². The fraction of sp³-hybridized carbons (Fsp3) is 0.136. The van der Waals surface area contributed by atoms with Crippen molar-refractivity contribution in [2.75, 3.05) is 12.0 Å². The van der Waals surface area contributed by atoms with E-state index in [1.165, 1.54) is 30.5 Å². The van der Waals surface area contributed by atoms with Crippen LogP contribution in [-0.4, -0.2) is 33.8 Å². The molecule has 0 saturated heterocycles. The van der Waals surface area contributed by atoms with Crippen LogP contribution in [0.3, 0.4) is 0 Å². The zero-order valence-electron chi connectivity index (χ0n) is 17.4. The molecule has 0 saturated carbocycles. The first-order valence-corrected chi connectivity index (χ1v) is 10.1. The summed E-state index contributed by atoms with van der Waals surface area (Å²) in [5, 5.41) is 24.0. The largest absolute Gasteiger partial charge is 0.490 e. The van der Waals surface area contributed by atoms with E-state index in [1.807, 2.05) is 6.92 Å². The Morgan fingerprint density at radius 2 is 2.00 bits per heavy atom. The number of nitro groups is 1. The van der Waals surface area contributed by atoms with Gasteiger partial charge in [0.25, 0.3) is 5.69 Å². The number of hydrogen-bond acceptors (Lipinski definition) is 8. The lowest BCUT2D eigenvalue weighted by Crippen LogP contribution is -2.02. The van der Waals surface area contributed by atoms with Crippen molar-refractivity contribution in [1.29, 1.82) is 0 Å². The maximum Gasteiger partial charge on any atom is 0.335 e. The Labute approximate surface area is 193 Å². The first-order chi connectivity index (χ1) is 15.9. The maximum atomic E-state index is 11.0. The molecule has 3 aromatic rings. The van der Waals surface area contributed by atoms with Gasteiger partial charge in [-0.3, -0.25) is 15.5 Å². The fourth-order valence-electron chi connectivity index (χ4n) is 2.70. The van der Waals surface area contributed by atoms with E-state index in [2.05, 4.69) is 15.5 Å². The Balaban J connectivity index is 1.71. The van der Waals surface area contributed by atoms with Crippen molar-refractivity contribution in [3.8, 4) is 11.5 Å². The predicted octanol–water partition coefficient (Wildman–Crippen LogP) is 4.77. The highest BCUT2D eigenvalue weighted by molar-refractivity contribution is 6.32. The molecule has 33 heavy (non-hydrogen) atoms. The van der Waals surface area contributed by atoms with Crippen LogP contribution in [0.1, 0.15) is 28.4 Å². The molecule has 3 rings (SSSR count). The molecular formula is C22H19ClN4O6. The van der Waals surface area contributed by atoms with Crippen LogP contribution < -0.4 is 14.9 Å². The minimum atomic E-state index is -1.000. The second kappa shape index (κ2) is 10.9. The van der Waals surface area contributed by atoms with Crippen molar-refractivity contribution >= 4 is 35.3 Å². The number of pyridine rings is 1. The van der Waals surface area contributed by atoms with Crippen molar-refractivity contribution in [3.63, 3.8) is 0 Å². The number of rotatable bonds is 10. The Bertz CT molecular complexity index is 1170. The summed E-state index contributed by atoms with van der Waals surface area (Å²) in [4.78, 5) is 25.0. The number of anilines is 1. The van der Waals surface area contributed by atoms with Crippen LogP contribution in [-0.2, 0) is 6.61 Å². The quantitative estimate of drug-likeness (QED) is 0.246. The third kappa shape index (κ3) is 6.40. The van der Waals surface area contributed by atoms with Gasteiger partial charge in [-0.05, 0) is 48.4 Å². The fourth-order valence-corrected chi connectivity index (χ4v) is 2.97. The molecule has 0 unspecified atom stereocenters. The number of carbonyl (C=O) groups is 1. The van der Waals surface area contributed by atoms with Crippen LogP contribution in [0.4, 0.5) is 11.5 Å². The molecule has 0 aliphatic carbocycles. The third-order valence-corrected chi connectivity index (χ3v) is 4.55. The molecule has 2 aromatic carbocycles. The van der Waals surface area contributed by atoms with Gasteiger partial charge in [0, 0.05) is 6.07 Å². The summed E-state index contributed by atoms with van der Waals surface area (Å²) in [7, 11) is 0. The van der Waals surface area contributed by atoms with E-state index < -0.39 is 10.9 Å². The van der Waals surface area contributed by atoms with Crippen LogP contribution in [0.5, 0.6) is 11.5 Å². The smallest absolute Gasteiger partial charge is 0.335 e. The normalized spacial score (nSPS) is 10.7. The highest BCUT2D eigenvalue weighted by Gasteiger charge is 2.13. The summed E-state index contributed by atoms with van der Waals surface area (Å²) in [6.45, 7) is 2.37. The van der Waals surface area contributed by atoms with E-state index in [1.54, 1.807) is 24.3 Å². The molecule has 0 aliphatic heterocycles. The Kier molecular flexibility index (Phi) is 7.77. The van der Waals surface area contributed by atoms with Gasteiger partial charge in [0.15, 0.2) is 11.5 Å². The molecular weight excluding hydrogens is 452 g/mol. The van der Waals surface area contributed by atoms with Crippen molar-refractivity contribution in [3.05, 3.63) is 86.6 Å². The molecule has 0 fully saturated rings. The highest BCUT2D eigenvalue weighted by Crippen LogP contribution is 2.37. The minimum Gasteiger partial charge on any atom is -0.490 e. The lowest BCUT2D eigenvalue weighted by atomic mass is 10.1. The molecule has 11 heteroatoms. The second-order valence-corrected chi connectivity index (χ2v) is 6.99. The standard InChI is InChI=1S/C22H19ClN4O6/c1-2-32-19-10-15(11-25-26-20-8-7-17(12-24-20)27(30)31)9-18(23)21(19)33-13-14-3-5-16(6-4-14)22(28)29/h3-12H,2,13H2,1H3,(H,24,26)(H,28,29). The van der Waals surface area contributed by atoms with Gasteiger partial charge in [0.2, 0.25) is 0 Å². The van der Waals surface area contributed by atoms with Gasteiger partial charge in [-0.2, -0.15) is 5.10 Å². The zero-order chi connectivity index (χ0) is 23.8. The van der Waals surface area contributed by atoms with E-state index >= 15 is 0 Å². The average molecular weight is 471 g/mol. The Hall–Kier alpha value is -4.18. The number of nitrogens with one attached hydrogen (secondary N) is 1. The lowest BCUT2D eigenvalue weighted by molar-refractivity contribution is -0.385. The number of ether oxygens (including phenoxy) is 2. The van der Waals surface area contributed by atoms with Crippen LogP contribution >= 0.6 is 11.6 Å². The number of hydrogen-bond donors (Lipinski definition) is 2. The van der Waals surface area contributed by atoms with Crippen molar-refractivity contribution in [1.82, 2.24) is 4.98 Å². The topological polar surface area (TPSA) is 136 Å². The molecule has 0 amide bonds. The number of carboxylic acid groups (broad SMARTS) is 1. The molecule has 0 spiro atoms. The molecule has 0 bridgehead atoms. The van der Waals surface area contributed by atoms with E-state index in [-0.39, 0.29) is 17.9 Å². The molecule has 1 aromatic heterocycles. The first-order valence-electron chi connectivity index (χ1n) is 9.68. The Morgan fingerprint density at radius 1 is 1.24 bits per heavy atom. The Morgan fingerprint density at radius 3 is 2.61 bits per heavy atom. The molecule has 0 atom stereocenters. The van der Waals surface area contributed by atoms with Gasteiger partial charge in [0.1, 0.15) is 18.6 Å². The molecule has 1 heterocycles. The number of hydrazone groups is 1. The number of carboxylic acids is 1. The van der Waals surface area contributed by atoms with Gasteiger partial charge in [-0.1, -0.05) is 23.7 Å². The van der Waals surface area contributed by atoms with Crippen LogP contribution in [0, 0.1) is 10.1 Å². The summed E-state index contributed by atoms with van der Waals surface area (Å²) >= 11 is 6.41. The van der Waals surface area contributed by atoms with E-state index in [0.717, 1.165) is 11.8 Å². The zero-order valence-corrected chi connectivity index (χ0v) is 18.2. The number of nitrogens with zero attached hydrogens (tertiary/aromatic N) is 3. The number of halogens is 1. The summed E-state index contributed by atoms with van der Waals surface area (Å²) < 4.78 is 11.5.